The summed E-state index contributed by atoms with van der Waals surface area (Å²) in [6, 6.07) is 9.03. The third kappa shape index (κ3) is 3.01. The smallest absolute Gasteiger partial charge is 0.186 e. The van der Waals surface area contributed by atoms with Crippen LogP contribution >= 0.6 is 23.2 Å². The SMILES string of the molecule is Nc1nc(-c2ccncc2)nc2nn(Cc3c(Cl)cccc3Cl)cc12. The monoisotopic (exact) mass is 370 g/mol. The molecule has 0 aliphatic rings. The van der Waals surface area contributed by atoms with Crippen molar-refractivity contribution >= 4 is 40.1 Å². The van der Waals surface area contributed by atoms with Crippen molar-refractivity contribution in [3.8, 4) is 11.4 Å². The summed E-state index contributed by atoms with van der Waals surface area (Å²) in [4.78, 5) is 12.8. The van der Waals surface area contributed by atoms with Crippen LogP contribution in [-0.2, 0) is 6.54 Å². The van der Waals surface area contributed by atoms with E-state index in [0.717, 1.165) is 11.1 Å². The van der Waals surface area contributed by atoms with Gasteiger partial charge in [-0.05, 0) is 24.3 Å². The first-order valence-electron chi connectivity index (χ1n) is 7.46. The Hall–Kier alpha value is -2.70. The van der Waals surface area contributed by atoms with Crippen molar-refractivity contribution in [1.29, 1.82) is 0 Å². The Balaban J connectivity index is 1.77. The normalized spacial score (nSPS) is 11.1. The molecule has 0 radical (unpaired) electrons. The molecular weight excluding hydrogens is 359 g/mol. The largest absolute Gasteiger partial charge is 0.383 e. The number of nitrogens with zero attached hydrogens (tertiary/aromatic N) is 5. The molecule has 2 N–H and O–H groups in total. The molecule has 0 aliphatic carbocycles. The van der Waals surface area contributed by atoms with Crippen LogP contribution in [0.15, 0.2) is 48.9 Å². The van der Waals surface area contributed by atoms with Crippen LogP contribution in [0.1, 0.15) is 5.56 Å². The highest BCUT2D eigenvalue weighted by Gasteiger charge is 2.13. The van der Waals surface area contributed by atoms with E-state index in [0.29, 0.717) is 39.3 Å². The van der Waals surface area contributed by atoms with Crippen LogP contribution in [0.4, 0.5) is 5.82 Å². The first-order chi connectivity index (χ1) is 12.1. The third-order valence-corrected chi connectivity index (χ3v) is 4.48. The average molecular weight is 371 g/mol. The van der Waals surface area contributed by atoms with Gasteiger partial charge in [-0.15, -0.1) is 0 Å². The summed E-state index contributed by atoms with van der Waals surface area (Å²) in [6.07, 6.45) is 5.15. The molecule has 0 fully saturated rings. The molecule has 0 spiro atoms. The zero-order valence-corrected chi connectivity index (χ0v) is 14.4. The van der Waals surface area contributed by atoms with Gasteiger partial charge in [-0.1, -0.05) is 29.3 Å². The topological polar surface area (TPSA) is 82.5 Å². The molecule has 3 aromatic heterocycles. The average Bonchev–Trinajstić information content (AvgIpc) is 3.02. The first-order valence-corrected chi connectivity index (χ1v) is 8.21. The molecule has 4 aromatic rings. The number of nitrogens with two attached hydrogens (primary N) is 1. The molecule has 0 atom stereocenters. The number of rotatable bonds is 3. The van der Waals surface area contributed by atoms with Gasteiger partial charge in [-0.25, -0.2) is 9.97 Å². The van der Waals surface area contributed by atoms with Crippen molar-refractivity contribution in [2.45, 2.75) is 6.54 Å². The van der Waals surface area contributed by atoms with Crippen molar-refractivity contribution in [3.63, 3.8) is 0 Å². The highest BCUT2D eigenvalue weighted by atomic mass is 35.5. The van der Waals surface area contributed by atoms with Crippen LogP contribution in [0, 0.1) is 0 Å². The molecule has 6 nitrogen and oxygen atoms in total. The molecule has 124 valence electrons. The minimum atomic E-state index is 0.369. The Morgan fingerprint density at radius 1 is 1.00 bits per heavy atom. The minimum absolute atomic E-state index is 0.369. The molecule has 0 unspecified atom stereocenters. The molecule has 0 aliphatic heterocycles. The van der Waals surface area contributed by atoms with Gasteiger partial charge in [-0.2, -0.15) is 5.10 Å². The number of anilines is 1. The summed E-state index contributed by atoms with van der Waals surface area (Å²) in [5, 5.41) is 6.34. The van der Waals surface area contributed by atoms with Crippen LogP contribution in [-0.4, -0.2) is 24.7 Å². The van der Waals surface area contributed by atoms with Gasteiger partial charge in [0.2, 0.25) is 0 Å². The standard InChI is InChI=1S/C17H12Cl2N6/c18-13-2-1-3-14(19)11(13)8-25-9-12-15(20)22-16(23-17(12)24-25)10-4-6-21-7-5-10/h1-7,9H,8H2,(H2,20,22,23,24). The molecule has 1 aromatic carbocycles. The fourth-order valence-electron chi connectivity index (χ4n) is 2.53. The maximum atomic E-state index is 6.23. The molecular formula is C17H12Cl2N6. The second-order valence-corrected chi connectivity index (χ2v) is 6.25. The highest BCUT2D eigenvalue weighted by molar-refractivity contribution is 6.35. The van der Waals surface area contributed by atoms with Gasteiger partial charge in [0.25, 0.3) is 0 Å². The number of benzene rings is 1. The van der Waals surface area contributed by atoms with E-state index in [2.05, 4.69) is 20.1 Å². The molecule has 0 bridgehead atoms. The van der Waals surface area contributed by atoms with Crippen LogP contribution in [0.2, 0.25) is 10.0 Å². The summed E-state index contributed by atoms with van der Waals surface area (Å²) in [7, 11) is 0. The van der Waals surface area contributed by atoms with Crippen molar-refractivity contribution in [2.24, 2.45) is 0 Å². The van der Waals surface area contributed by atoms with E-state index in [1.807, 2.05) is 12.1 Å². The quantitative estimate of drug-likeness (QED) is 0.592. The molecule has 0 amide bonds. The van der Waals surface area contributed by atoms with Gasteiger partial charge < -0.3 is 5.73 Å². The van der Waals surface area contributed by atoms with E-state index in [1.54, 1.807) is 41.5 Å². The maximum Gasteiger partial charge on any atom is 0.186 e. The number of nitrogen functional groups attached to an aromatic ring is 1. The summed E-state index contributed by atoms with van der Waals surface area (Å²) in [6.45, 7) is 0.416. The molecule has 0 saturated heterocycles. The van der Waals surface area contributed by atoms with E-state index >= 15 is 0 Å². The lowest BCUT2D eigenvalue weighted by Gasteiger charge is -2.06. The van der Waals surface area contributed by atoms with Gasteiger partial charge in [0.1, 0.15) is 5.82 Å². The third-order valence-electron chi connectivity index (χ3n) is 3.78. The predicted octanol–water partition coefficient (Wildman–Crippen LogP) is 3.83. The van der Waals surface area contributed by atoms with Crippen molar-refractivity contribution in [1.82, 2.24) is 24.7 Å². The fourth-order valence-corrected chi connectivity index (χ4v) is 3.05. The Bertz CT molecular complexity index is 1040. The number of hydrogen-bond acceptors (Lipinski definition) is 5. The molecule has 4 rings (SSSR count). The van der Waals surface area contributed by atoms with E-state index in [4.69, 9.17) is 28.9 Å². The molecule has 0 saturated carbocycles. The van der Waals surface area contributed by atoms with E-state index in [-0.39, 0.29) is 0 Å². The van der Waals surface area contributed by atoms with Crippen LogP contribution in [0.5, 0.6) is 0 Å². The number of fused-ring (bicyclic) bond motifs is 1. The maximum absolute atomic E-state index is 6.23. The Kier molecular flexibility index (Phi) is 3.99. The van der Waals surface area contributed by atoms with Gasteiger partial charge >= 0.3 is 0 Å². The number of halogens is 2. The molecule has 8 heteroatoms. The Labute approximate surface area is 153 Å². The Morgan fingerprint density at radius 3 is 2.44 bits per heavy atom. The molecule has 3 heterocycles. The zero-order valence-electron chi connectivity index (χ0n) is 12.9. The number of aromatic nitrogens is 5. The number of hydrogen-bond donors (Lipinski definition) is 1. The fraction of sp³-hybridized carbons (Fsp3) is 0.0588. The second-order valence-electron chi connectivity index (χ2n) is 5.43. The minimum Gasteiger partial charge on any atom is -0.383 e. The zero-order chi connectivity index (χ0) is 17.4. The lowest BCUT2D eigenvalue weighted by Crippen LogP contribution is -2.01. The summed E-state index contributed by atoms with van der Waals surface area (Å²) in [5.41, 5.74) is 8.22. The molecule has 25 heavy (non-hydrogen) atoms. The van der Waals surface area contributed by atoms with Crippen molar-refractivity contribution < 1.29 is 0 Å². The van der Waals surface area contributed by atoms with Crippen LogP contribution < -0.4 is 5.73 Å². The predicted molar refractivity (Wildman–Crippen MR) is 98.5 cm³/mol. The van der Waals surface area contributed by atoms with Crippen molar-refractivity contribution in [2.75, 3.05) is 5.73 Å². The lowest BCUT2D eigenvalue weighted by atomic mass is 10.2. The van der Waals surface area contributed by atoms with Crippen LogP contribution in [0.25, 0.3) is 22.4 Å². The lowest BCUT2D eigenvalue weighted by molar-refractivity contribution is 0.693. The van der Waals surface area contributed by atoms with Gasteiger partial charge in [0.15, 0.2) is 11.5 Å². The number of pyridine rings is 1. The van der Waals surface area contributed by atoms with Crippen molar-refractivity contribution in [3.05, 3.63) is 64.5 Å². The highest BCUT2D eigenvalue weighted by Crippen LogP contribution is 2.26. The second kappa shape index (κ2) is 6.31. The van der Waals surface area contributed by atoms with Gasteiger partial charge in [0, 0.05) is 39.8 Å². The van der Waals surface area contributed by atoms with E-state index in [9.17, 15) is 0 Å². The Morgan fingerprint density at radius 2 is 1.72 bits per heavy atom. The van der Waals surface area contributed by atoms with Gasteiger partial charge in [-0.3, -0.25) is 9.67 Å². The first kappa shape index (κ1) is 15.8. The summed E-state index contributed by atoms with van der Waals surface area (Å²) < 4.78 is 1.71. The van der Waals surface area contributed by atoms with E-state index < -0.39 is 0 Å². The van der Waals surface area contributed by atoms with Gasteiger partial charge in [0.05, 0.1) is 11.9 Å². The van der Waals surface area contributed by atoms with E-state index in [1.165, 1.54) is 0 Å². The van der Waals surface area contributed by atoms with Crippen LogP contribution in [0.3, 0.4) is 0 Å². The summed E-state index contributed by atoms with van der Waals surface area (Å²) in [5.74, 6) is 0.877. The summed E-state index contributed by atoms with van der Waals surface area (Å²) >= 11 is 12.5.